The lowest BCUT2D eigenvalue weighted by Gasteiger charge is -2.35. The van der Waals surface area contributed by atoms with E-state index in [-0.39, 0.29) is 25.2 Å². The van der Waals surface area contributed by atoms with Crippen molar-refractivity contribution in [1.29, 1.82) is 5.26 Å². The van der Waals surface area contributed by atoms with Gasteiger partial charge in [0.15, 0.2) is 23.0 Å². The highest BCUT2D eigenvalue weighted by Crippen LogP contribution is 2.46. The molecule has 0 bridgehead atoms. The van der Waals surface area contributed by atoms with Crippen LogP contribution in [-0.4, -0.2) is 79.3 Å². The standard InChI is InChI=1S/C15H31N2O2P.C8H17IO2.C7H12N4O4.C2H6/c1-6-7-8-9-12-18-20(19-13-10-11-16)17(14(2)3)15(4)5;1-7(2)5-6-8(3,4)10-11-9;8-5(13)1-10-7(15)3-11-6(14)2-9-4-12;1-2/h14-15H,6-10,12-13H2,1-5H3;7H,5-6H2,1-4H3;4H,1-3H2,(H2,8,13)(H,9,12)(H,10,15)(H,11,14);1-2H3. The van der Waals surface area contributed by atoms with Gasteiger partial charge in [-0.3, -0.25) is 19.2 Å². The van der Waals surface area contributed by atoms with Crippen LogP contribution in [0.2, 0.25) is 0 Å². The number of rotatable bonds is 24. The zero-order valence-corrected chi connectivity index (χ0v) is 34.4. The first-order chi connectivity index (χ1) is 22.6. The summed E-state index contributed by atoms with van der Waals surface area (Å²) in [6.07, 6.45) is 7.78. The molecule has 0 saturated heterocycles. The van der Waals surface area contributed by atoms with Crippen molar-refractivity contribution in [3.63, 3.8) is 0 Å². The topological polar surface area (TPSA) is 194 Å². The van der Waals surface area contributed by atoms with Crippen LogP contribution < -0.4 is 21.7 Å². The molecule has 48 heavy (non-hydrogen) atoms. The summed E-state index contributed by atoms with van der Waals surface area (Å²) < 4.78 is 18.7. The van der Waals surface area contributed by atoms with Gasteiger partial charge in [-0.1, -0.05) is 53.9 Å². The van der Waals surface area contributed by atoms with Crippen LogP contribution in [0.3, 0.4) is 0 Å². The molecule has 0 rings (SSSR count). The predicted molar refractivity (Wildman–Crippen MR) is 200 cm³/mol. The van der Waals surface area contributed by atoms with E-state index in [9.17, 15) is 19.2 Å². The van der Waals surface area contributed by atoms with E-state index in [1.807, 2.05) is 27.7 Å². The first kappa shape index (κ1) is 53.1. The molecule has 284 valence electrons. The average Bonchev–Trinajstić information content (AvgIpc) is 3.02. The summed E-state index contributed by atoms with van der Waals surface area (Å²) in [5.41, 5.74) is 4.63. The van der Waals surface area contributed by atoms with Gasteiger partial charge >= 0.3 is 0 Å². The number of unbranched alkanes of at least 4 members (excludes halogenated alkanes) is 3. The average molecular weight is 821 g/mol. The van der Waals surface area contributed by atoms with Crippen LogP contribution in [0.25, 0.3) is 0 Å². The highest BCUT2D eigenvalue weighted by molar-refractivity contribution is 14.1. The number of hydrogen-bond acceptors (Lipinski definition) is 10. The molecule has 1 atom stereocenters. The normalized spacial score (nSPS) is 11.2. The minimum atomic E-state index is -1.05. The molecular formula is C32H66IN6O8P. The number of carbonyl (C=O) groups is 4. The number of carbonyl (C=O) groups excluding carboxylic acids is 4. The van der Waals surface area contributed by atoms with Crippen LogP contribution in [0, 0.1) is 17.2 Å². The molecule has 0 spiro atoms. The van der Waals surface area contributed by atoms with Crippen molar-refractivity contribution in [1.82, 2.24) is 20.6 Å². The van der Waals surface area contributed by atoms with Crippen molar-refractivity contribution < 1.29 is 36.3 Å². The Bertz CT molecular complexity index is 840. The van der Waals surface area contributed by atoms with Crippen molar-refractivity contribution in [2.75, 3.05) is 32.8 Å². The molecule has 0 radical (unpaired) electrons. The largest absolute Gasteiger partial charge is 0.368 e. The van der Waals surface area contributed by atoms with Gasteiger partial charge in [-0.2, -0.15) is 8.48 Å². The van der Waals surface area contributed by atoms with Crippen molar-refractivity contribution in [3.8, 4) is 6.07 Å². The Morgan fingerprint density at radius 2 is 1.48 bits per heavy atom. The number of nitrogens with one attached hydrogen (secondary N) is 3. The number of amides is 4. The molecule has 16 heteroatoms. The Labute approximate surface area is 306 Å². The molecule has 0 aromatic rings. The van der Waals surface area contributed by atoms with E-state index in [0.29, 0.717) is 31.5 Å². The second-order valence-electron chi connectivity index (χ2n) is 11.8. The smallest absolute Gasteiger partial charge is 0.259 e. The van der Waals surface area contributed by atoms with Gasteiger partial charge in [0.2, 0.25) is 24.1 Å². The van der Waals surface area contributed by atoms with Crippen molar-refractivity contribution >= 4 is 55.7 Å². The summed E-state index contributed by atoms with van der Waals surface area (Å²) in [6.45, 7) is 23.8. The molecule has 14 nitrogen and oxygen atoms in total. The third-order valence-corrected chi connectivity index (χ3v) is 7.98. The number of nitrogens with zero attached hydrogens (tertiary/aromatic N) is 2. The van der Waals surface area contributed by atoms with Gasteiger partial charge in [-0.25, -0.2) is 9.56 Å². The van der Waals surface area contributed by atoms with Gasteiger partial charge in [-0.05, 0) is 66.7 Å². The van der Waals surface area contributed by atoms with E-state index in [1.165, 1.54) is 25.7 Å². The molecule has 0 aliphatic carbocycles. The van der Waals surface area contributed by atoms with Gasteiger partial charge in [0.05, 0.1) is 50.9 Å². The third kappa shape index (κ3) is 38.8. The van der Waals surface area contributed by atoms with Crippen LogP contribution in [0.15, 0.2) is 0 Å². The van der Waals surface area contributed by atoms with E-state index < -0.39 is 26.2 Å². The van der Waals surface area contributed by atoms with Gasteiger partial charge < -0.3 is 30.7 Å². The highest BCUT2D eigenvalue weighted by atomic mass is 127. The fourth-order valence-electron chi connectivity index (χ4n) is 3.37. The first-order valence-electron chi connectivity index (χ1n) is 16.7. The molecule has 0 aromatic carbocycles. The van der Waals surface area contributed by atoms with Gasteiger partial charge in [-0.15, -0.1) is 0 Å². The van der Waals surface area contributed by atoms with Crippen molar-refractivity contribution in [2.24, 2.45) is 11.7 Å². The summed E-state index contributed by atoms with van der Waals surface area (Å²) in [4.78, 5) is 46.9. The molecule has 0 heterocycles. The number of hydrogen-bond donors (Lipinski definition) is 4. The van der Waals surface area contributed by atoms with E-state index in [2.05, 4.69) is 78.4 Å². The third-order valence-electron chi connectivity index (χ3n) is 5.69. The monoisotopic (exact) mass is 820 g/mol. The lowest BCUT2D eigenvalue weighted by Crippen LogP contribution is -2.42. The molecule has 0 aliphatic heterocycles. The molecule has 0 aromatic heterocycles. The lowest BCUT2D eigenvalue weighted by atomic mass is 9.97. The molecule has 0 fully saturated rings. The summed E-state index contributed by atoms with van der Waals surface area (Å²) in [6, 6.07) is 2.86. The van der Waals surface area contributed by atoms with Crippen molar-refractivity contribution in [3.05, 3.63) is 0 Å². The van der Waals surface area contributed by atoms with E-state index in [4.69, 9.17) is 24.9 Å². The van der Waals surface area contributed by atoms with E-state index in [0.717, 1.165) is 25.4 Å². The zero-order chi connectivity index (χ0) is 38.0. The Morgan fingerprint density at radius 3 is 1.94 bits per heavy atom. The highest BCUT2D eigenvalue weighted by Gasteiger charge is 2.26. The molecule has 0 saturated carbocycles. The Balaban J connectivity index is -0.000000307. The SMILES string of the molecule is CC.CC(C)CCC(C)(C)OOI.CCCCCCOP(OCCC#N)N(C(C)C)C(C)C.NC(=O)CNC(=O)CNC(=O)CNC=O. The van der Waals surface area contributed by atoms with Crippen LogP contribution >= 0.6 is 31.5 Å². The fraction of sp³-hybridized carbons (Fsp3) is 0.844. The fourth-order valence-corrected chi connectivity index (χ4v) is 5.49. The van der Waals surface area contributed by atoms with Crippen LogP contribution in [0.4, 0.5) is 0 Å². The van der Waals surface area contributed by atoms with Crippen molar-refractivity contribution in [2.45, 2.75) is 139 Å². The summed E-state index contributed by atoms with van der Waals surface area (Å²) in [7, 11) is -1.05. The predicted octanol–water partition coefficient (Wildman–Crippen LogP) is 5.83. The summed E-state index contributed by atoms with van der Waals surface area (Å²) >= 11 is 1.75. The second-order valence-corrected chi connectivity index (χ2v) is 13.6. The lowest BCUT2D eigenvalue weighted by molar-refractivity contribution is -0.252. The zero-order valence-electron chi connectivity index (χ0n) is 31.4. The Hall–Kier alpha value is -1.67. The maximum absolute atomic E-state index is 10.9. The quantitative estimate of drug-likeness (QED) is 0.0230. The first-order valence-corrected chi connectivity index (χ1v) is 18.8. The van der Waals surface area contributed by atoms with Gasteiger partial charge in [0.1, 0.15) is 0 Å². The number of nitrogens with two attached hydrogens (primary N) is 1. The number of halogens is 1. The number of primary amides is 1. The Morgan fingerprint density at radius 1 is 0.938 bits per heavy atom. The molecule has 1 unspecified atom stereocenters. The maximum Gasteiger partial charge on any atom is 0.259 e. The number of nitriles is 1. The summed E-state index contributed by atoms with van der Waals surface area (Å²) in [5, 5.41) is 15.1. The van der Waals surface area contributed by atoms with Gasteiger partial charge in [0.25, 0.3) is 8.53 Å². The molecular weight excluding hydrogens is 754 g/mol. The van der Waals surface area contributed by atoms with Crippen LogP contribution in [0.1, 0.15) is 121 Å². The van der Waals surface area contributed by atoms with Crippen LogP contribution in [0.5, 0.6) is 0 Å². The Kier molecular flexibility index (Phi) is 40.5. The molecule has 4 amide bonds. The molecule has 5 N–H and O–H groups in total. The minimum absolute atomic E-state index is 0.147. The second kappa shape index (κ2) is 36.6. The van der Waals surface area contributed by atoms with Crippen LogP contribution in [-0.2, 0) is 36.3 Å². The molecule has 0 aliphatic rings. The summed E-state index contributed by atoms with van der Waals surface area (Å²) in [5.74, 6) is -0.978. The van der Waals surface area contributed by atoms with Gasteiger partial charge in [0, 0.05) is 12.1 Å². The minimum Gasteiger partial charge on any atom is -0.368 e. The van der Waals surface area contributed by atoms with E-state index >= 15 is 0 Å². The maximum atomic E-state index is 10.9. The van der Waals surface area contributed by atoms with E-state index in [1.54, 1.807) is 23.0 Å².